The molecule has 0 aliphatic carbocycles. The molecule has 46 heavy (non-hydrogen) atoms. The number of rotatable bonds is 11. The topological polar surface area (TPSA) is 98.7 Å². The lowest BCUT2D eigenvalue weighted by atomic mass is 9.96. The molecule has 0 amide bonds. The van der Waals surface area contributed by atoms with Gasteiger partial charge < -0.3 is 14.2 Å². The van der Waals surface area contributed by atoms with Gasteiger partial charge in [-0.25, -0.2) is 4.98 Å². The number of benzene rings is 4. The van der Waals surface area contributed by atoms with Gasteiger partial charge in [0.05, 0.1) is 43.0 Å². The number of fused-ring (bicyclic) bond motifs is 1. The summed E-state index contributed by atoms with van der Waals surface area (Å²) < 4.78 is 19.0. The number of allylic oxidation sites excluding steroid dienone is 1. The highest BCUT2D eigenvalue weighted by Crippen LogP contribution is 2.35. The molecule has 0 radical (unpaired) electrons. The van der Waals surface area contributed by atoms with Crippen molar-refractivity contribution in [2.24, 2.45) is 5.10 Å². The van der Waals surface area contributed by atoms with Gasteiger partial charge in [0.2, 0.25) is 0 Å². The van der Waals surface area contributed by atoms with Crippen LogP contribution in [0.2, 0.25) is 0 Å². The van der Waals surface area contributed by atoms with E-state index in [9.17, 15) is 10.1 Å². The quantitative estimate of drug-likeness (QED) is 0.113. The van der Waals surface area contributed by atoms with Crippen molar-refractivity contribution in [1.29, 1.82) is 5.26 Å². The van der Waals surface area contributed by atoms with Crippen molar-refractivity contribution in [3.05, 3.63) is 129 Å². The molecule has 1 heterocycles. The fourth-order valence-corrected chi connectivity index (χ4v) is 5.38. The third-order valence-electron chi connectivity index (χ3n) is 7.76. The molecular formula is C38H36N4O4. The summed E-state index contributed by atoms with van der Waals surface area (Å²) in [6.45, 7) is 10.3. The van der Waals surface area contributed by atoms with E-state index in [2.05, 4.69) is 26.5 Å². The molecule has 0 N–H and O–H groups in total. The van der Waals surface area contributed by atoms with Crippen LogP contribution in [0.5, 0.6) is 17.2 Å². The Labute approximate surface area is 268 Å². The largest absolute Gasteiger partial charge is 0.496 e. The van der Waals surface area contributed by atoms with Gasteiger partial charge in [-0.3, -0.25) is 4.79 Å². The lowest BCUT2D eigenvalue weighted by Gasteiger charge is -2.18. The first kappa shape index (κ1) is 31.7. The van der Waals surface area contributed by atoms with E-state index in [0.717, 1.165) is 33.6 Å². The van der Waals surface area contributed by atoms with Gasteiger partial charge in [-0.2, -0.15) is 15.0 Å². The molecule has 5 rings (SSSR count). The highest BCUT2D eigenvalue weighted by atomic mass is 16.5. The van der Waals surface area contributed by atoms with Gasteiger partial charge in [0.15, 0.2) is 17.3 Å². The summed E-state index contributed by atoms with van der Waals surface area (Å²) in [5, 5.41) is 14.7. The Kier molecular flexibility index (Phi) is 9.63. The van der Waals surface area contributed by atoms with Crippen LogP contribution in [-0.2, 0) is 13.0 Å². The summed E-state index contributed by atoms with van der Waals surface area (Å²) in [5.41, 5.74) is 5.84. The average molecular weight is 613 g/mol. The molecule has 1 aromatic heterocycles. The molecule has 5 aromatic rings. The van der Waals surface area contributed by atoms with E-state index in [1.165, 1.54) is 4.68 Å². The smallest absolute Gasteiger partial charge is 0.282 e. The normalized spacial score (nSPS) is 11.2. The average Bonchev–Trinajstić information content (AvgIpc) is 3.07. The minimum absolute atomic E-state index is 0.184. The van der Waals surface area contributed by atoms with Crippen molar-refractivity contribution in [3.63, 3.8) is 0 Å². The molecule has 0 spiro atoms. The molecule has 0 fully saturated rings. The number of aryl methyl sites for hydroxylation is 1. The minimum atomic E-state index is -0.285. The van der Waals surface area contributed by atoms with Gasteiger partial charge in [-0.05, 0) is 78.4 Å². The highest BCUT2D eigenvalue weighted by Gasteiger charge is 2.19. The summed E-state index contributed by atoms with van der Waals surface area (Å²) in [4.78, 5) is 18.8. The zero-order chi connectivity index (χ0) is 32.8. The summed E-state index contributed by atoms with van der Waals surface area (Å²) >= 11 is 0. The second-order valence-electron chi connectivity index (χ2n) is 11.1. The molecule has 8 heteroatoms. The molecule has 0 bridgehead atoms. The maximum absolute atomic E-state index is 13.9. The lowest BCUT2D eigenvalue weighted by Crippen LogP contribution is -2.21. The van der Waals surface area contributed by atoms with Crippen LogP contribution in [0.1, 0.15) is 53.1 Å². The van der Waals surface area contributed by atoms with Gasteiger partial charge in [0.1, 0.15) is 12.4 Å². The Hall–Kier alpha value is -5.68. The Morgan fingerprint density at radius 3 is 2.46 bits per heavy atom. The van der Waals surface area contributed by atoms with Crippen LogP contribution in [-0.4, -0.2) is 30.1 Å². The van der Waals surface area contributed by atoms with Gasteiger partial charge in [-0.15, -0.1) is 6.58 Å². The Balaban J connectivity index is 1.62. The maximum Gasteiger partial charge on any atom is 0.282 e. The molecule has 8 nitrogen and oxygen atoms in total. The standard InChI is InChI=1S/C38H36N4O4/c1-7-12-27-18-26(19-35(45-6)36(27)46-23-29-14-9-8-13-28(29)21-39)22-40-42-37(41-33-16-11-10-15-30(33)38(42)43)32-20-31(24(2)3)34(44-5)17-25(32)4/h7-11,13-20,22,24H,1,12,23H2,2-6H3. The fourth-order valence-electron chi connectivity index (χ4n) is 5.38. The van der Waals surface area contributed by atoms with Crippen molar-refractivity contribution in [2.45, 2.75) is 39.7 Å². The maximum atomic E-state index is 13.9. The predicted molar refractivity (Wildman–Crippen MR) is 182 cm³/mol. The molecule has 0 unspecified atom stereocenters. The van der Waals surface area contributed by atoms with Gasteiger partial charge in [0, 0.05) is 16.7 Å². The van der Waals surface area contributed by atoms with E-state index in [4.69, 9.17) is 24.3 Å². The van der Waals surface area contributed by atoms with Crippen molar-refractivity contribution in [2.75, 3.05) is 14.2 Å². The zero-order valence-electron chi connectivity index (χ0n) is 26.7. The van der Waals surface area contributed by atoms with Crippen molar-refractivity contribution >= 4 is 17.1 Å². The number of nitrogens with zero attached hydrogens (tertiary/aromatic N) is 4. The van der Waals surface area contributed by atoms with Gasteiger partial charge in [-0.1, -0.05) is 50.3 Å². The summed E-state index contributed by atoms with van der Waals surface area (Å²) in [7, 11) is 3.23. The first-order chi connectivity index (χ1) is 22.3. The van der Waals surface area contributed by atoms with Crippen LogP contribution in [0, 0.1) is 18.3 Å². The minimum Gasteiger partial charge on any atom is -0.496 e. The Morgan fingerprint density at radius 1 is 1.00 bits per heavy atom. The van der Waals surface area contributed by atoms with Gasteiger partial charge in [0.25, 0.3) is 5.56 Å². The molecule has 232 valence electrons. The van der Waals surface area contributed by atoms with E-state index in [0.29, 0.717) is 45.8 Å². The molecule has 4 aromatic carbocycles. The highest BCUT2D eigenvalue weighted by molar-refractivity contribution is 5.83. The SMILES string of the molecule is C=CCc1cc(C=Nn2c(-c3cc(C(C)C)c(OC)cc3C)nc3ccccc3c2=O)cc(OC)c1OCc1ccccc1C#N. The Bertz CT molecular complexity index is 2050. The molecule has 0 atom stereocenters. The summed E-state index contributed by atoms with van der Waals surface area (Å²) in [6.07, 6.45) is 3.90. The second kappa shape index (κ2) is 14.0. The van der Waals surface area contributed by atoms with Crippen molar-refractivity contribution < 1.29 is 14.2 Å². The van der Waals surface area contributed by atoms with Crippen molar-refractivity contribution in [1.82, 2.24) is 9.66 Å². The van der Waals surface area contributed by atoms with Gasteiger partial charge >= 0.3 is 0 Å². The second-order valence-corrected chi connectivity index (χ2v) is 11.1. The van der Waals surface area contributed by atoms with E-state index >= 15 is 0 Å². The number of para-hydroxylation sites is 1. The van der Waals surface area contributed by atoms with E-state index in [1.807, 2.05) is 61.5 Å². The fraction of sp³-hybridized carbons (Fsp3) is 0.211. The molecule has 0 saturated carbocycles. The monoisotopic (exact) mass is 612 g/mol. The van der Waals surface area contributed by atoms with Crippen LogP contribution in [0.25, 0.3) is 22.3 Å². The Morgan fingerprint density at radius 2 is 1.74 bits per heavy atom. The van der Waals surface area contributed by atoms with Crippen LogP contribution >= 0.6 is 0 Å². The third-order valence-corrected chi connectivity index (χ3v) is 7.76. The number of hydrogen-bond acceptors (Lipinski definition) is 7. The zero-order valence-corrected chi connectivity index (χ0v) is 26.7. The molecular weight excluding hydrogens is 576 g/mol. The molecule has 0 saturated heterocycles. The van der Waals surface area contributed by atoms with Crippen LogP contribution in [0.3, 0.4) is 0 Å². The molecule has 0 aliphatic rings. The summed E-state index contributed by atoms with van der Waals surface area (Å²) in [5.74, 6) is 2.44. The van der Waals surface area contributed by atoms with Crippen LogP contribution in [0.15, 0.2) is 95.3 Å². The first-order valence-electron chi connectivity index (χ1n) is 15.0. The van der Waals surface area contributed by atoms with Crippen LogP contribution < -0.4 is 19.8 Å². The van der Waals surface area contributed by atoms with E-state index < -0.39 is 0 Å². The van der Waals surface area contributed by atoms with Crippen molar-refractivity contribution in [3.8, 4) is 34.7 Å². The predicted octanol–water partition coefficient (Wildman–Crippen LogP) is 7.57. The number of methoxy groups -OCH3 is 2. The van der Waals surface area contributed by atoms with E-state index in [1.54, 1.807) is 44.7 Å². The third kappa shape index (κ3) is 6.40. The number of ether oxygens (including phenoxy) is 3. The first-order valence-corrected chi connectivity index (χ1v) is 15.0. The summed E-state index contributed by atoms with van der Waals surface area (Å²) in [6, 6.07) is 24.5. The van der Waals surface area contributed by atoms with Crippen LogP contribution in [0.4, 0.5) is 0 Å². The number of hydrogen-bond donors (Lipinski definition) is 0. The number of aromatic nitrogens is 2. The van der Waals surface area contributed by atoms with E-state index in [-0.39, 0.29) is 18.1 Å². The molecule has 0 aliphatic heterocycles. The number of nitriles is 1. The lowest BCUT2D eigenvalue weighted by molar-refractivity contribution is 0.281.